The van der Waals surface area contributed by atoms with E-state index in [1.54, 1.807) is 24.3 Å². The number of benzene rings is 2. The van der Waals surface area contributed by atoms with Crippen LogP contribution >= 0.6 is 0 Å². The van der Waals surface area contributed by atoms with Gasteiger partial charge in [0.25, 0.3) is 0 Å². The summed E-state index contributed by atoms with van der Waals surface area (Å²) in [6.45, 7) is 2.06. The molecule has 0 bridgehead atoms. The molecule has 0 fully saturated rings. The average Bonchev–Trinajstić information content (AvgIpc) is 2.72. The first-order chi connectivity index (χ1) is 9.22. The molecule has 0 atom stereocenters. The normalized spacial score (nSPS) is 14.8. The molecule has 2 heteroatoms. The Labute approximate surface area is 112 Å². The number of carbonyl (C=O) groups excluding carboxylic acids is 2. The third-order valence-electron chi connectivity index (χ3n) is 3.67. The van der Waals surface area contributed by atoms with Crippen LogP contribution in [0.15, 0.2) is 48.5 Å². The van der Waals surface area contributed by atoms with Crippen molar-refractivity contribution in [2.24, 2.45) is 0 Å². The molecule has 0 radical (unpaired) electrons. The molecule has 2 aromatic rings. The van der Waals surface area contributed by atoms with E-state index in [9.17, 15) is 9.59 Å². The van der Waals surface area contributed by atoms with E-state index < -0.39 is 5.92 Å². The Morgan fingerprint density at radius 1 is 0.895 bits per heavy atom. The van der Waals surface area contributed by atoms with Crippen molar-refractivity contribution in [1.82, 2.24) is 0 Å². The SMILES string of the molecule is CCc1cccc(C2C(=O)c3ccccc3C2=O)c1. The predicted octanol–water partition coefficient (Wildman–Crippen LogP) is 3.41. The number of fused-ring (bicyclic) bond motifs is 1. The van der Waals surface area contributed by atoms with Crippen molar-refractivity contribution in [3.05, 3.63) is 70.8 Å². The topological polar surface area (TPSA) is 34.1 Å². The number of hydrogen-bond donors (Lipinski definition) is 0. The van der Waals surface area contributed by atoms with Gasteiger partial charge in [0.05, 0.1) is 0 Å². The molecule has 19 heavy (non-hydrogen) atoms. The van der Waals surface area contributed by atoms with Gasteiger partial charge < -0.3 is 0 Å². The zero-order valence-corrected chi connectivity index (χ0v) is 10.7. The molecule has 1 aliphatic carbocycles. The third kappa shape index (κ3) is 1.80. The van der Waals surface area contributed by atoms with Crippen LogP contribution < -0.4 is 0 Å². The van der Waals surface area contributed by atoms with Crippen LogP contribution in [0.3, 0.4) is 0 Å². The van der Waals surface area contributed by atoms with E-state index in [-0.39, 0.29) is 11.6 Å². The number of Topliss-reactive ketones (excluding diaryl/α,β-unsaturated/α-hetero) is 2. The fourth-order valence-corrected chi connectivity index (χ4v) is 2.64. The van der Waals surface area contributed by atoms with Crippen LogP contribution in [-0.4, -0.2) is 11.6 Å². The minimum atomic E-state index is -0.649. The lowest BCUT2D eigenvalue weighted by Crippen LogP contribution is -2.13. The number of aryl methyl sites for hydroxylation is 1. The van der Waals surface area contributed by atoms with Gasteiger partial charge in [0.1, 0.15) is 5.92 Å². The van der Waals surface area contributed by atoms with E-state index in [0.29, 0.717) is 11.1 Å². The number of rotatable bonds is 2. The molecule has 1 aliphatic rings. The highest BCUT2D eigenvalue weighted by atomic mass is 16.2. The molecule has 0 saturated heterocycles. The highest BCUT2D eigenvalue weighted by Gasteiger charge is 2.39. The van der Waals surface area contributed by atoms with E-state index >= 15 is 0 Å². The van der Waals surface area contributed by atoms with Crippen molar-refractivity contribution in [2.75, 3.05) is 0 Å². The second-order valence-corrected chi connectivity index (χ2v) is 4.81. The van der Waals surface area contributed by atoms with E-state index in [0.717, 1.165) is 17.5 Å². The van der Waals surface area contributed by atoms with Crippen LogP contribution in [0.1, 0.15) is 44.7 Å². The maximum atomic E-state index is 12.4. The van der Waals surface area contributed by atoms with Crippen LogP contribution in [0.2, 0.25) is 0 Å². The van der Waals surface area contributed by atoms with Gasteiger partial charge in [0, 0.05) is 11.1 Å². The fourth-order valence-electron chi connectivity index (χ4n) is 2.64. The lowest BCUT2D eigenvalue weighted by Gasteiger charge is -2.08. The maximum Gasteiger partial charge on any atom is 0.178 e. The molecule has 94 valence electrons. The first kappa shape index (κ1) is 11.8. The lowest BCUT2D eigenvalue weighted by atomic mass is 9.92. The highest BCUT2D eigenvalue weighted by Crippen LogP contribution is 2.34. The van der Waals surface area contributed by atoms with Gasteiger partial charge in [-0.25, -0.2) is 0 Å². The van der Waals surface area contributed by atoms with Crippen molar-refractivity contribution in [2.45, 2.75) is 19.3 Å². The van der Waals surface area contributed by atoms with Gasteiger partial charge in [-0.3, -0.25) is 9.59 Å². The van der Waals surface area contributed by atoms with Crippen molar-refractivity contribution in [3.63, 3.8) is 0 Å². The summed E-state index contributed by atoms with van der Waals surface area (Å²) >= 11 is 0. The summed E-state index contributed by atoms with van der Waals surface area (Å²) < 4.78 is 0. The van der Waals surface area contributed by atoms with E-state index in [1.165, 1.54) is 0 Å². The summed E-state index contributed by atoms with van der Waals surface area (Å²) in [5, 5.41) is 0. The van der Waals surface area contributed by atoms with Crippen molar-refractivity contribution >= 4 is 11.6 Å². The number of ketones is 2. The molecule has 0 heterocycles. The molecule has 2 nitrogen and oxygen atoms in total. The van der Waals surface area contributed by atoms with Crippen LogP contribution in [0.4, 0.5) is 0 Å². The first-order valence-electron chi connectivity index (χ1n) is 6.48. The summed E-state index contributed by atoms with van der Waals surface area (Å²) in [6.07, 6.45) is 0.899. The summed E-state index contributed by atoms with van der Waals surface area (Å²) in [5.74, 6) is -0.799. The second-order valence-electron chi connectivity index (χ2n) is 4.81. The summed E-state index contributed by atoms with van der Waals surface area (Å²) in [6, 6.07) is 14.8. The van der Waals surface area contributed by atoms with E-state index in [4.69, 9.17) is 0 Å². The van der Waals surface area contributed by atoms with Gasteiger partial charge in [-0.05, 0) is 17.5 Å². The van der Waals surface area contributed by atoms with Gasteiger partial charge in [0.15, 0.2) is 11.6 Å². The summed E-state index contributed by atoms with van der Waals surface area (Å²) in [5.41, 5.74) is 3.07. The molecule has 0 aromatic heterocycles. The minimum Gasteiger partial charge on any atom is -0.293 e. The van der Waals surface area contributed by atoms with Crippen LogP contribution in [0, 0.1) is 0 Å². The Kier molecular flexibility index (Phi) is 2.79. The number of carbonyl (C=O) groups is 2. The minimum absolute atomic E-state index is 0.0751. The maximum absolute atomic E-state index is 12.4. The molecule has 2 aromatic carbocycles. The van der Waals surface area contributed by atoms with Gasteiger partial charge in [-0.1, -0.05) is 55.5 Å². The molecular weight excluding hydrogens is 236 g/mol. The molecule has 0 N–H and O–H groups in total. The second kappa shape index (κ2) is 4.47. The van der Waals surface area contributed by atoms with Crippen molar-refractivity contribution in [3.8, 4) is 0 Å². The Morgan fingerprint density at radius 2 is 1.53 bits per heavy atom. The van der Waals surface area contributed by atoms with E-state index in [1.807, 2.05) is 24.3 Å². The third-order valence-corrected chi connectivity index (χ3v) is 3.67. The zero-order chi connectivity index (χ0) is 13.4. The van der Waals surface area contributed by atoms with Crippen molar-refractivity contribution in [1.29, 1.82) is 0 Å². The molecule has 0 spiro atoms. The lowest BCUT2D eigenvalue weighted by molar-refractivity contribution is 0.0890. The average molecular weight is 250 g/mol. The molecule has 0 aliphatic heterocycles. The largest absolute Gasteiger partial charge is 0.293 e. The molecule has 0 unspecified atom stereocenters. The van der Waals surface area contributed by atoms with Crippen LogP contribution in [0.25, 0.3) is 0 Å². The van der Waals surface area contributed by atoms with Gasteiger partial charge in [0.2, 0.25) is 0 Å². The Hall–Kier alpha value is -2.22. The molecule has 0 saturated carbocycles. The van der Waals surface area contributed by atoms with E-state index in [2.05, 4.69) is 6.92 Å². The number of hydrogen-bond acceptors (Lipinski definition) is 2. The first-order valence-corrected chi connectivity index (χ1v) is 6.48. The Bertz CT molecular complexity index is 635. The van der Waals surface area contributed by atoms with Crippen LogP contribution in [-0.2, 0) is 6.42 Å². The van der Waals surface area contributed by atoms with Gasteiger partial charge in [-0.15, -0.1) is 0 Å². The zero-order valence-electron chi connectivity index (χ0n) is 10.7. The van der Waals surface area contributed by atoms with Gasteiger partial charge >= 0.3 is 0 Å². The predicted molar refractivity (Wildman–Crippen MR) is 73.7 cm³/mol. The monoisotopic (exact) mass is 250 g/mol. The Balaban J connectivity index is 2.08. The fraction of sp³-hybridized carbons (Fsp3) is 0.176. The standard InChI is InChI=1S/C17H14O2/c1-2-11-6-5-7-12(10-11)15-16(18)13-8-3-4-9-14(13)17(15)19/h3-10,15H,2H2,1H3. The van der Waals surface area contributed by atoms with Gasteiger partial charge in [-0.2, -0.15) is 0 Å². The smallest absolute Gasteiger partial charge is 0.178 e. The molecule has 0 amide bonds. The molecular formula is C17H14O2. The van der Waals surface area contributed by atoms with Crippen molar-refractivity contribution < 1.29 is 9.59 Å². The summed E-state index contributed by atoms with van der Waals surface area (Å²) in [4.78, 5) is 24.8. The Morgan fingerprint density at radius 3 is 2.11 bits per heavy atom. The van der Waals surface area contributed by atoms with Crippen LogP contribution in [0.5, 0.6) is 0 Å². The molecule has 3 rings (SSSR count). The summed E-state index contributed by atoms with van der Waals surface area (Å²) in [7, 11) is 0. The quantitative estimate of drug-likeness (QED) is 0.765. The highest BCUT2D eigenvalue weighted by molar-refractivity contribution is 6.29.